The number of hydrogen-bond donors (Lipinski definition) is 1. The van der Waals surface area contributed by atoms with Crippen molar-refractivity contribution in [1.82, 2.24) is 14.9 Å². The number of carbonyl (C=O) groups is 2. The van der Waals surface area contributed by atoms with Gasteiger partial charge in [0.2, 0.25) is 5.76 Å². The third-order valence-electron chi connectivity index (χ3n) is 3.53. The first-order valence-electron chi connectivity index (χ1n) is 8.06. The number of amides is 1. The summed E-state index contributed by atoms with van der Waals surface area (Å²) in [7, 11) is 0. The van der Waals surface area contributed by atoms with E-state index in [-0.39, 0.29) is 11.6 Å². The van der Waals surface area contributed by atoms with Crippen LogP contribution in [0.3, 0.4) is 0 Å². The largest absolute Gasteiger partial charge is 0.452 e. The van der Waals surface area contributed by atoms with Gasteiger partial charge in [-0.2, -0.15) is 5.10 Å². The second-order valence-corrected chi connectivity index (χ2v) is 5.58. The van der Waals surface area contributed by atoms with Gasteiger partial charge in [-0.25, -0.2) is 4.79 Å². The number of hydrogen-bond acceptors (Lipinski definition) is 7. The normalized spacial score (nSPS) is 11.9. The maximum absolute atomic E-state index is 12.2. The minimum atomic E-state index is -0.973. The van der Waals surface area contributed by atoms with E-state index in [2.05, 4.69) is 15.6 Å². The summed E-state index contributed by atoms with van der Waals surface area (Å²) in [5.74, 6) is 0.201. The minimum absolute atomic E-state index is 0.0238. The molecule has 136 valence electrons. The second kappa shape index (κ2) is 7.68. The molecule has 0 fully saturated rings. The maximum atomic E-state index is 12.2. The van der Waals surface area contributed by atoms with Crippen LogP contribution >= 0.6 is 0 Å². The Morgan fingerprint density at radius 2 is 2.23 bits per heavy atom. The lowest BCUT2D eigenvalue weighted by molar-refractivity contribution is -0.124. The predicted octanol–water partition coefficient (Wildman–Crippen LogP) is 2.39. The van der Waals surface area contributed by atoms with Crippen LogP contribution in [0.25, 0.3) is 0 Å². The van der Waals surface area contributed by atoms with Crippen molar-refractivity contribution in [3.63, 3.8) is 0 Å². The average molecular weight is 358 g/mol. The standard InChI is InChI=1S/C17H18N4O5/c1-3-13(16(22)19-15-9-11(2)26-20-15)25-17(23)14-6-5-12(24-14)10-21-8-4-7-18-21/h4-9,13H,3,10H2,1-2H3,(H,19,20,22). The zero-order valence-corrected chi connectivity index (χ0v) is 14.3. The molecule has 0 aliphatic heterocycles. The van der Waals surface area contributed by atoms with Crippen LogP contribution in [0.1, 0.15) is 35.4 Å². The monoisotopic (exact) mass is 358 g/mol. The van der Waals surface area contributed by atoms with Crippen LogP contribution in [0.4, 0.5) is 5.82 Å². The van der Waals surface area contributed by atoms with Gasteiger partial charge in [0.1, 0.15) is 11.5 Å². The van der Waals surface area contributed by atoms with Crippen molar-refractivity contribution in [3.8, 4) is 0 Å². The smallest absolute Gasteiger partial charge is 0.375 e. The van der Waals surface area contributed by atoms with Gasteiger partial charge in [0.25, 0.3) is 5.91 Å². The molecule has 0 saturated heterocycles. The molecule has 3 rings (SSSR count). The number of esters is 1. The molecule has 3 aromatic heterocycles. The van der Waals surface area contributed by atoms with Gasteiger partial charge in [0.05, 0.1) is 6.54 Å². The van der Waals surface area contributed by atoms with Crippen LogP contribution in [0.15, 0.2) is 45.6 Å². The zero-order valence-electron chi connectivity index (χ0n) is 14.3. The number of anilines is 1. The Labute approximate surface area is 148 Å². The first kappa shape index (κ1) is 17.5. The lowest BCUT2D eigenvalue weighted by Crippen LogP contribution is -2.32. The fourth-order valence-electron chi connectivity index (χ4n) is 2.27. The molecular formula is C17H18N4O5. The van der Waals surface area contributed by atoms with Crippen LogP contribution < -0.4 is 5.32 Å². The zero-order chi connectivity index (χ0) is 18.5. The Hall–Kier alpha value is -3.36. The molecule has 1 N–H and O–H groups in total. The van der Waals surface area contributed by atoms with Crippen LogP contribution in [0, 0.1) is 6.92 Å². The molecule has 0 bridgehead atoms. The molecule has 1 unspecified atom stereocenters. The minimum Gasteiger partial charge on any atom is -0.452 e. The van der Waals surface area contributed by atoms with Gasteiger partial charge in [0.15, 0.2) is 11.9 Å². The van der Waals surface area contributed by atoms with Gasteiger partial charge in [0, 0.05) is 18.5 Å². The van der Waals surface area contributed by atoms with E-state index >= 15 is 0 Å². The summed E-state index contributed by atoms with van der Waals surface area (Å²) in [6.07, 6.45) is 2.76. The Balaban J connectivity index is 1.60. The number of furan rings is 1. The molecule has 0 aliphatic rings. The van der Waals surface area contributed by atoms with E-state index in [1.807, 2.05) is 0 Å². The van der Waals surface area contributed by atoms with Crippen LogP contribution in [0.5, 0.6) is 0 Å². The molecular weight excluding hydrogens is 340 g/mol. The highest BCUT2D eigenvalue weighted by Gasteiger charge is 2.24. The van der Waals surface area contributed by atoms with Crippen LogP contribution in [0.2, 0.25) is 0 Å². The molecule has 9 heteroatoms. The van der Waals surface area contributed by atoms with Crippen molar-refractivity contribution in [1.29, 1.82) is 0 Å². The highest BCUT2D eigenvalue weighted by molar-refractivity contribution is 5.96. The molecule has 3 aromatic rings. The van der Waals surface area contributed by atoms with E-state index in [1.54, 1.807) is 49.1 Å². The summed E-state index contributed by atoms with van der Waals surface area (Å²) in [5, 5.41) is 10.3. The van der Waals surface area contributed by atoms with E-state index in [9.17, 15) is 9.59 Å². The van der Waals surface area contributed by atoms with Gasteiger partial charge in [-0.1, -0.05) is 12.1 Å². The molecule has 1 atom stereocenters. The van der Waals surface area contributed by atoms with E-state index in [4.69, 9.17) is 13.7 Å². The number of aryl methyl sites for hydroxylation is 1. The molecule has 0 spiro atoms. The van der Waals surface area contributed by atoms with Crippen molar-refractivity contribution < 1.29 is 23.3 Å². The fraction of sp³-hybridized carbons (Fsp3) is 0.294. The van der Waals surface area contributed by atoms with Crippen LogP contribution in [-0.4, -0.2) is 32.9 Å². The number of aromatic nitrogens is 3. The van der Waals surface area contributed by atoms with E-state index < -0.39 is 18.0 Å². The van der Waals surface area contributed by atoms with Gasteiger partial charge < -0.3 is 19.0 Å². The molecule has 0 aliphatic carbocycles. The lowest BCUT2D eigenvalue weighted by atomic mass is 10.2. The molecule has 26 heavy (non-hydrogen) atoms. The van der Waals surface area contributed by atoms with Gasteiger partial charge in [-0.3, -0.25) is 9.48 Å². The SMILES string of the molecule is CCC(OC(=O)c1ccc(Cn2cccn2)o1)C(=O)Nc1cc(C)on1. The third-order valence-corrected chi connectivity index (χ3v) is 3.53. The van der Waals surface area contributed by atoms with E-state index in [0.717, 1.165) is 0 Å². The van der Waals surface area contributed by atoms with Crippen molar-refractivity contribution in [2.75, 3.05) is 5.32 Å². The number of carbonyl (C=O) groups excluding carboxylic acids is 2. The summed E-state index contributed by atoms with van der Waals surface area (Å²) in [4.78, 5) is 24.5. The number of nitrogens with zero attached hydrogens (tertiary/aromatic N) is 3. The average Bonchev–Trinajstić information content (AvgIpc) is 3.36. The summed E-state index contributed by atoms with van der Waals surface area (Å²) in [5.41, 5.74) is 0. The summed E-state index contributed by atoms with van der Waals surface area (Å²) >= 11 is 0. The Kier molecular flexibility index (Phi) is 5.16. The topological polar surface area (TPSA) is 112 Å². The first-order valence-corrected chi connectivity index (χ1v) is 8.06. The molecule has 3 heterocycles. The highest BCUT2D eigenvalue weighted by Crippen LogP contribution is 2.14. The second-order valence-electron chi connectivity index (χ2n) is 5.58. The first-order chi connectivity index (χ1) is 12.5. The Morgan fingerprint density at radius 3 is 2.88 bits per heavy atom. The van der Waals surface area contributed by atoms with Gasteiger partial charge >= 0.3 is 5.97 Å². The number of nitrogens with one attached hydrogen (secondary N) is 1. The van der Waals surface area contributed by atoms with Gasteiger partial charge in [-0.05, 0) is 31.5 Å². The van der Waals surface area contributed by atoms with Crippen molar-refractivity contribution >= 4 is 17.7 Å². The molecule has 0 aromatic carbocycles. The molecule has 9 nitrogen and oxygen atoms in total. The third kappa shape index (κ3) is 4.18. The quantitative estimate of drug-likeness (QED) is 0.645. The number of ether oxygens (including phenoxy) is 1. The maximum Gasteiger partial charge on any atom is 0.375 e. The number of rotatable bonds is 7. The predicted molar refractivity (Wildman–Crippen MR) is 89.4 cm³/mol. The Morgan fingerprint density at radius 1 is 1.38 bits per heavy atom. The fourth-order valence-corrected chi connectivity index (χ4v) is 2.27. The molecule has 0 radical (unpaired) electrons. The molecule has 0 saturated carbocycles. The highest BCUT2D eigenvalue weighted by atomic mass is 16.6. The van der Waals surface area contributed by atoms with Crippen molar-refractivity contribution in [2.24, 2.45) is 0 Å². The lowest BCUT2D eigenvalue weighted by Gasteiger charge is -2.14. The van der Waals surface area contributed by atoms with Gasteiger partial charge in [-0.15, -0.1) is 0 Å². The van der Waals surface area contributed by atoms with E-state index in [1.165, 1.54) is 6.07 Å². The Bertz CT molecular complexity index is 881. The summed E-state index contributed by atoms with van der Waals surface area (Å²) in [6, 6.07) is 6.53. The van der Waals surface area contributed by atoms with Crippen molar-refractivity contribution in [2.45, 2.75) is 32.9 Å². The summed E-state index contributed by atoms with van der Waals surface area (Å²) < 4.78 is 17.3. The van der Waals surface area contributed by atoms with Crippen molar-refractivity contribution in [3.05, 3.63) is 53.9 Å². The van der Waals surface area contributed by atoms with Crippen LogP contribution in [-0.2, 0) is 16.1 Å². The van der Waals surface area contributed by atoms with E-state index in [0.29, 0.717) is 24.5 Å². The summed E-state index contributed by atoms with van der Waals surface area (Å²) in [6.45, 7) is 3.83. The molecule has 1 amide bonds.